The van der Waals surface area contributed by atoms with E-state index in [9.17, 15) is 15.3 Å². The number of aromatic hydroxyl groups is 1. The molecule has 0 aliphatic carbocycles. The standard InChI is InChI=1S/C22H33IO4/c1-6-8-15(9-10-19(24)17(7-2)21(25)14(3)4)11-16-12-18(23)22(26)20(13-16)27-5/h7,11-14,17,19,21,24-26H,2,6,8-10H2,1,3-5H3/b15-11+/t17-,19-,21-/m1/s1. The Bertz CT molecular complexity index is 639. The smallest absolute Gasteiger partial charge is 0.171 e. The normalized spacial score (nSPS) is 15.5. The summed E-state index contributed by atoms with van der Waals surface area (Å²) in [5.41, 5.74) is 2.19. The predicted molar refractivity (Wildman–Crippen MR) is 120 cm³/mol. The van der Waals surface area contributed by atoms with E-state index in [0.29, 0.717) is 12.2 Å². The van der Waals surface area contributed by atoms with Crippen LogP contribution >= 0.6 is 22.6 Å². The summed E-state index contributed by atoms with van der Waals surface area (Å²) in [7, 11) is 1.54. The Kier molecular flexibility index (Phi) is 10.4. The second kappa shape index (κ2) is 11.7. The van der Waals surface area contributed by atoms with E-state index in [-0.39, 0.29) is 17.6 Å². The predicted octanol–water partition coefficient (Wildman–Crippen LogP) is 5.15. The van der Waals surface area contributed by atoms with Crippen molar-refractivity contribution in [1.29, 1.82) is 0 Å². The molecule has 1 aromatic rings. The van der Waals surface area contributed by atoms with E-state index < -0.39 is 12.2 Å². The highest BCUT2D eigenvalue weighted by Crippen LogP contribution is 2.34. The number of benzene rings is 1. The van der Waals surface area contributed by atoms with Crippen LogP contribution < -0.4 is 4.74 Å². The lowest BCUT2D eigenvalue weighted by atomic mass is 9.86. The molecular formula is C22H33IO4. The van der Waals surface area contributed by atoms with E-state index in [1.54, 1.807) is 6.08 Å². The van der Waals surface area contributed by atoms with Gasteiger partial charge in [0.1, 0.15) is 0 Å². The maximum atomic E-state index is 10.6. The lowest BCUT2D eigenvalue weighted by Crippen LogP contribution is -2.33. The van der Waals surface area contributed by atoms with Crippen molar-refractivity contribution in [2.45, 2.75) is 58.7 Å². The average Bonchev–Trinajstić information content (AvgIpc) is 2.63. The van der Waals surface area contributed by atoms with Crippen molar-refractivity contribution in [3.63, 3.8) is 0 Å². The van der Waals surface area contributed by atoms with Crippen LogP contribution in [0.4, 0.5) is 0 Å². The molecule has 0 heterocycles. The van der Waals surface area contributed by atoms with Crippen LogP contribution in [0.3, 0.4) is 0 Å². The van der Waals surface area contributed by atoms with E-state index in [4.69, 9.17) is 4.74 Å². The first-order chi connectivity index (χ1) is 12.7. The molecule has 0 fully saturated rings. The Hall–Kier alpha value is -1.05. The van der Waals surface area contributed by atoms with Gasteiger partial charge in [0.2, 0.25) is 0 Å². The lowest BCUT2D eigenvalue weighted by Gasteiger charge is -2.27. The summed E-state index contributed by atoms with van der Waals surface area (Å²) in [5, 5.41) is 30.9. The highest BCUT2D eigenvalue weighted by Gasteiger charge is 2.26. The van der Waals surface area contributed by atoms with Gasteiger partial charge in [-0.05, 0) is 65.5 Å². The van der Waals surface area contributed by atoms with Gasteiger partial charge in [-0.3, -0.25) is 0 Å². The minimum atomic E-state index is -0.630. The number of aliphatic hydroxyl groups excluding tert-OH is 2. The first-order valence-electron chi connectivity index (χ1n) is 9.49. The third-order valence-electron chi connectivity index (χ3n) is 4.77. The average molecular weight is 488 g/mol. The number of phenolic OH excluding ortho intramolecular Hbond substituents is 1. The molecule has 0 aromatic heterocycles. The van der Waals surface area contributed by atoms with Crippen molar-refractivity contribution in [2.24, 2.45) is 11.8 Å². The Morgan fingerprint density at radius 1 is 1.26 bits per heavy atom. The molecule has 1 rings (SSSR count). The van der Waals surface area contributed by atoms with Crippen molar-refractivity contribution >= 4 is 28.7 Å². The van der Waals surface area contributed by atoms with E-state index in [2.05, 4.69) is 42.2 Å². The Balaban J connectivity index is 2.95. The number of hydrogen-bond acceptors (Lipinski definition) is 4. The Labute approximate surface area is 177 Å². The summed E-state index contributed by atoms with van der Waals surface area (Å²) in [6.07, 6.45) is 5.77. The van der Waals surface area contributed by atoms with E-state index >= 15 is 0 Å². The van der Waals surface area contributed by atoms with Gasteiger partial charge in [0.05, 0.1) is 22.9 Å². The van der Waals surface area contributed by atoms with Crippen LogP contribution in [0.25, 0.3) is 6.08 Å². The molecule has 0 aliphatic rings. The van der Waals surface area contributed by atoms with Gasteiger partial charge in [-0.15, -0.1) is 6.58 Å². The Morgan fingerprint density at radius 3 is 2.44 bits per heavy atom. The van der Waals surface area contributed by atoms with Gasteiger partial charge < -0.3 is 20.1 Å². The maximum Gasteiger partial charge on any atom is 0.171 e. The molecule has 0 amide bonds. The summed E-state index contributed by atoms with van der Waals surface area (Å²) in [6, 6.07) is 3.73. The van der Waals surface area contributed by atoms with Crippen LogP contribution in [0.5, 0.6) is 11.5 Å². The number of methoxy groups -OCH3 is 1. The van der Waals surface area contributed by atoms with E-state index in [1.165, 1.54) is 12.7 Å². The Morgan fingerprint density at radius 2 is 1.93 bits per heavy atom. The molecule has 0 aliphatic heterocycles. The second-order valence-electron chi connectivity index (χ2n) is 7.26. The first-order valence-corrected chi connectivity index (χ1v) is 10.6. The molecule has 4 nitrogen and oxygen atoms in total. The molecule has 152 valence electrons. The molecule has 27 heavy (non-hydrogen) atoms. The molecule has 5 heteroatoms. The highest BCUT2D eigenvalue weighted by molar-refractivity contribution is 14.1. The topological polar surface area (TPSA) is 69.9 Å². The molecule has 0 saturated carbocycles. The highest BCUT2D eigenvalue weighted by atomic mass is 127. The molecule has 0 saturated heterocycles. The SMILES string of the molecule is C=C[C@H]([C@H](O)CC/C(=C/c1cc(I)c(O)c(OC)c1)CCC)[C@H](O)C(C)C. The van der Waals surface area contributed by atoms with Crippen LogP contribution in [0.2, 0.25) is 0 Å². The number of aliphatic hydroxyl groups is 2. The molecule has 3 atom stereocenters. The summed E-state index contributed by atoms with van der Waals surface area (Å²) in [6.45, 7) is 9.79. The summed E-state index contributed by atoms with van der Waals surface area (Å²) < 4.78 is 5.97. The van der Waals surface area contributed by atoms with Crippen LogP contribution in [-0.4, -0.2) is 34.6 Å². The van der Waals surface area contributed by atoms with Gasteiger partial charge in [0.15, 0.2) is 11.5 Å². The molecule has 3 N–H and O–H groups in total. The monoisotopic (exact) mass is 488 g/mol. The molecule has 0 bridgehead atoms. The van der Waals surface area contributed by atoms with Gasteiger partial charge in [0.25, 0.3) is 0 Å². The fourth-order valence-corrected chi connectivity index (χ4v) is 3.78. The van der Waals surface area contributed by atoms with Gasteiger partial charge in [-0.1, -0.05) is 44.9 Å². The van der Waals surface area contributed by atoms with Crippen molar-refractivity contribution in [3.8, 4) is 11.5 Å². The zero-order valence-corrected chi connectivity index (χ0v) is 18.9. The minimum absolute atomic E-state index is 0.0693. The van der Waals surface area contributed by atoms with Crippen molar-refractivity contribution in [3.05, 3.63) is 39.5 Å². The lowest BCUT2D eigenvalue weighted by molar-refractivity contribution is 0.00883. The number of halogens is 1. The van der Waals surface area contributed by atoms with Crippen molar-refractivity contribution in [2.75, 3.05) is 7.11 Å². The van der Waals surface area contributed by atoms with Gasteiger partial charge in [-0.2, -0.15) is 0 Å². The number of hydrogen-bond donors (Lipinski definition) is 3. The van der Waals surface area contributed by atoms with E-state index in [0.717, 1.165) is 28.4 Å². The number of phenols is 1. The van der Waals surface area contributed by atoms with Gasteiger partial charge in [0, 0.05) is 5.92 Å². The quantitative estimate of drug-likeness (QED) is 0.298. The summed E-state index contributed by atoms with van der Waals surface area (Å²) in [4.78, 5) is 0. The van der Waals surface area contributed by atoms with Crippen molar-refractivity contribution < 1.29 is 20.1 Å². The third kappa shape index (κ3) is 7.12. The van der Waals surface area contributed by atoms with Crippen LogP contribution in [-0.2, 0) is 0 Å². The molecular weight excluding hydrogens is 455 g/mol. The number of rotatable bonds is 11. The largest absolute Gasteiger partial charge is 0.504 e. The van der Waals surface area contributed by atoms with Crippen LogP contribution in [0, 0.1) is 15.4 Å². The summed E-state index contributed by atoms with van der Waals surface area (Å²) >= 11 is 2.09. The third-order valence-corrected chi connectivity index (χ3v) is 5.59. The summed E-state index contributed by atoms with van der Waals surface area (Å²) in [5.74, 6) is 0.345. The minimum Gasteiger partial charge on any atom is -0.504 e. The molecule has 0 unspecified atom stereocenters. The van der Waals surface area contributed by atoms with Crippen LogP contribution in [0.15, 0.2) is 30.4 Å². The fourth-order valence-electron chi connectivity index (χ4n) is 3.15. The van der Waals surface area contributed by atoms with Crippen LogP contribution in [0.1, 0.15) is 52.0 Å². The fraction of sp³-hybridized carbons (Fsp3) is 0.545. The maximum absolute atomic E-state index is 10.6. The zero-order valence-electron chi connectivity index (χ0n) is 16.8. The van der Waals surface area contributed by atoms with Crippen molar-refractivity contribution in [1.82, 2.24) is 0 Å². The number of allylic oxidation sites excluding steroid dienone is 1. The first kappa shape index (κ1) is 24.0. The molecule has 0 radical (unpaired) electrons. The van der Waals surface area contributed by atoms with Gasteiger partial charge >= 0.3 is 0 Å². The molecule has 0 spiro atoms. The molecule has 1 aromatic carbocycles. The van der Waals surface area contributed by atoms with E-state index in [1.807, 2.05) is 26.0 Å². The zero-order chi connectivity index (χ0) is 20.6. The van der Waals surface area contributed by atoms with Gasteiger partial charge in [-0.25, -0.2) is 0 Å². The number of ether oxygens (including phenoxy) is 1. The second-order valence-corrected chi connectivity index (χ2v) is 8.42.